The first-order valence-corrected chi connectivity index (χ1v) is 6.20. The molecule has 0 heterocycles. The van der Waals surface area contributed by atoms with E-state index < -0.39 is 23.7 Å². The Balaban J connectivity index is 2.40. The number of amides is 2. The summed E-state index contributed by atoms with van der Waals surface area (Å²) in [5.41, 5.74) is 4.98. The molecular weight excluding hydrogens is 236 g/mol. The number of aliphatic carboxylic acids is 1. The van der Waals surface area contributed by atoms with Crippen LogP contribution in [0.1, 0.15) is 32.6 Å². The Kier molecular flexibility index (Phi) is 5.12. The maximum absolute atomic E-state index is 11.9. The monoisotopic (exact) mass is 256 g/mol. The minimum atomic E-state index is -0.906. The van der Waals surface area contributed by atoms with Crippen molar-refractivity contribution >= 4 is 17.8 Å². The number of hydrogen-bond acceptors (Lipinski definition) is 3. The average Bonchev–Trinajstić information content (AvgIpc) is 2.66. The predicted octanol–water partition coefficient (Wildman–Crippen LogP) is 0.115. The molecule has 18 heavy (non-hydrogen) atoms. The van der Waals surface area contributed by atoms with Crippen LogP contribution in [0.5, 0.6) is 0 Å². The molecule has 3 atom stereocenters. The highest BCUT2D eigenvalue weighted by Gasteiger charge is 2.40. The summed E-state index contributed by atoms with van der Waals surface area (Å²) < 4.78 is 0. The second-order valence-electron chi connectivity index (χ2n) is 4.99. The van der Waals surface area contributed by atoms with E-state index in [2.05, 4.69) is 5.32 Å². The average molecular weight is 256 g/mol. The summed E-state index contributed by atoms with van der Waals surface area (Å²) >= 11 is 0. The number of carbonyl (C=O) groups is 3. The van der Waals surface area contributed by atoms with E-state index in [-0.39, 0.29) is 18.2 Å². The number of carbonyl (C=O) groups excluding carboxylic acids is 2. The Hall–Kier alpha value is -1.59. The zero-order chi connectivity index (χ0) is 13.7. The van der Waals surface area contributed by atoms with Crippen molar-refractivity contribution in [3.8, 4) is 0 Å². The van der Waals surface area contributed by atoms with Gasteiger partial charge < -0.3 is 16.2 Å². The molecule has 0 radical (unpaired) electrons. The van der Waals surface area contributed by atoms with E-state index >= 15 is 0 Å². The molecule has 3 unspecified atom stereocenters. The van der Waals surface area contributed by atoms with Gasteiger partial charge in [-0.1, -0.05) is 6.92 Å². The Labute approximate surface area is 106 Å². The van der Waals surface area contributed by atoms with Gasteiger partial charge in [-0.2, -0.15) is 0 Å². The number of rotatable bonds is 6. The fourth-order valence-electron chi connectivity index (χ4n) is 2.46. The molecule has 1 aliphatic rings. The molecule has 6 nitrogen and oxygen atoms in total. The summed E-state index contributed by atoms with van der Waals surface area (Å²) in [4.78, 5) is 33.4. The van der Waals surface area contributed by atoms with Crippen molar-refractivity contribution in [2.24, 2.45) is 23.5 Å². The van der Waals surface area contributed by atoms with Gasteiger partial charge in [0.25, 0.3) is 0 Å². The Morgan fingerprint density at radius 1 is 1.28 bits per heavy atom. The molecule has 4 N–H and O–H groups in total. The first-order chi connectivity index (χ1) is 8.41. The molecule has 0 aromatic carbocycles. The van der Waals surface area contributed by atoms with Gasteiger partial charge in [0.05, 0.1) is 11.8 Å². The van der Waals surface area contributed by atoms with Crippen LogP contribution in [0, 0.1) is 17.8 Å². The summed E-state index contributed by atoms with van der Waals surface area (Å²) in [6.07, 6.45) is 1.87. The van der Waals surface area contributed by atoms with E-state index in [4.69, 9.17) is 10.8 Å². The first kappa shape index (κ1) is 14.5. The highest BCUT2D eigenvalue weighted by molar-refractivity contribution is 5.85. The fourth-order valence-corrected chi connectivity index (χ4v) is 2.46. The number of nitrogens with two attached hydrogens (primary N) is 1. The topological polar surface area (TPSA) is 109 Å². The first-order valence-electron chi connectivity index (χ1n) is 6.20. The van der Waals surface area contributed by atoms with E-state index in [1.54, 1.807) is 0 Å². The molecule has 2 amide bonds. The number of hydrogen-bond donors (Lipinski definition) is 3. The van der Waals surface area contributed by atoms with Crippen LogP contribution >= 0.6 is 0 Å². The highest BCUT2D eigenvalue weighted by atomic mass is 16.4. The lowest BCUT2D eigenvalue weighted by atomic mass is 9.95. The molecule has 0 bridgehead atoms. The van der Waals surface area contributed by atoms with Crippen LogP contribution in [0.25, 0.3) is 0 Å². The maximum atomic E-state index is 11.9. The fraction of sp³-hybridized carbons (Fsp3) is 0.750. The minimum absolute atomic E-state index is 0.226. The number of nitrogens with one attached hydrogen (secondary N) is 1. The molecule has 0 aliphatic heterocycles. The van der Waals surface area contributed by atoms with E-state index in [0.717, 1.165) is 0 Å². The third-order valence-electron chi connectivity index (χ3n) is 3.35. The summed E-state index contributed by atoms with van der Waals surface area (Å²) in [5, 5.41) is 11.7. The van der Waals surface area contributed by atoms with Crippen molar-refractivity contribution in [1.29, 1.82) is 0 Å². The molecular formula is C12H20N2O4. The number of primary amides is 1. The highest BCUT2D eigenvalue weighted by Crippen LogP contribution is 2.36. The zero-order valence-electron chi connectivity index (χ0n) is 10.5. The molecule has 102 valence electrons. The molecule has 0 aromatic heterocycles. The third kappa shape index (κ3) is 4.01. The van der Waals surface area contributed by atoms with Crippen LogP contribution in [-0.4, -0.2) is 29.4 Å². The van der Waals surface area contributed by atoms with Gasteiger partial charge in [-0.3, -0.25) is 14.4 Å². The second-order valence-corrected chi connectivity index (χ2v) is 4.99. The van der Waals surface area contributed by atoms with Gasteiger partial charge in [-0.15, -0.1) is 0 Å². The lowest BCUT2D eigenvalue weighted by molar-refractivity contribution is -0.146. The number of carboxylic acid groups (broad SMARTS) is 1. The van der Waals surface area contributed by atoms with Gasteiger partial charge in [0.2, 0.25) is 11.8 Å². The van der Waals surface area contributed by atoms with Crippen molar-refractivity contribution in [3.63, 3.8) is 0 Å². The second kappa shape index (κ2) is 6.37. The van der Waals surface area contributed by atoms with Gasteiger partial charge in [0, 0.05) is 13.0 Å². The lowest BCUT2D eigenvalue weighted by Gasteiger charge is -2.15. The van der Waals surface area contributed by atoms with Gasteiger partial charge >= 0.3 is 5.97 Å². The minimum Gasteiger partial charge on any atom is -0.481 e. The normalized spacial score (nSPS) is 26.8. The van der Waals surface area contributed by atoms with Crippen LogP contribution in [-0.2, 0) is 14.4 Å². The van der Waals surface area contributed by atoms with Crippen molar-refractivity contribution < 1.29 is 19.5 Å². The van der Waals surface area contributed by atoms with Gasteiger partial charge in [0.1, 0.15) is 0 Å². The summed E-state index contributed by atoms with van der Waals surface area (Å²) in [6, 6.07) is 0. The van der Waals surface area contributed by atoms with Gasteiger partial charge in [-0.05, 0) is 25.2 Å². The standard InChI is InChI=1S/C12H20N2O4/c1-7-5-8(9(6-7)12(17)18)11(16)14-4-2-3-10(13)15/h7-9H,2-6H2,1H3,(H2,13,15)(H,14,16)(H,17,18). The van der Waals surface area contributed by atoms with Crippen LogP contribution < -0.4 is 11.1 Å². The molecule has 1 fully saturated rings. The molecule has 1 rings (SSSR count). The lowest BCUT2D eigenvalue weighted by Crippen LogP contribution is -2.36. The molecule has 6 heteroatoms. The van der Waals surface area contributed by atoms with Crippen LogP contribution in [0.15, 0.2) is 0 Å². The van der Waals surface area contributed by atoms with E-state index in [9.17, 15) is 14.4 Å². The van der Waals surface area contributed by atoms with E-state index in [1.165, 1.54) is 0 Å². The van der Waals surface area contributed by atoms with Crippen LogP contribution in [0.2, 0.25) is 0 Å². The molecule has 0 saturated heterocycles. The molecule has 1 saturated carbocycles. The summed E-state index contributed by atoms with van der Waals surface area (Å²) in [5.74, 6) is -2.32. The van der Waals surface area contributed by atoms with Crippen LogP contribution in [0.3, 0.4) is 0 Å². The number of carboxylic acids is 1. The van der Waals surface area contributed by atoms with E-state index in [1.807, 2.05) is 6.92 Å². The molecule has 0 spiro atoms. The largest absolute Gasteiger partial charge is 0.481 e. The zero-order valence-corrected chi connectivity index (χ0v) is 10.5. The van der Waals surface area contributed by atoms with Crippen molar-refractivity contribution in [3.05, 3.63) is 0 Å². The molecule has 1 aliphatic carbocycles. The SMILES string of the molecule is CC1CC(C(=O)O)C(C(=O)NCCCC(N)=O)C1. The van der Waals surface area contributed by atoms with Crippen molar-refractivity contribution in [2.45, 2.75) is 32.6 Å². The summed E-state index contributed by atoms with van der Waals surface area (Å²) in [7, 11) is 0. The molecule has 0 aromatic rings. The predicted molar refractivity (Wildman–Crippen MR) is 64.5 cm³/mol. The van der Waals surface area contributed by atoms with Gasteiger partial charge in [-0.25, -0.2) is 0 Å². The van der Waals surface area contributed by atoms with Crippen molar-refractivity contribution in [1.82, 2.24) is 5.32 Å². The maximum Gasteiger partial charge on any atom is 0.307 e. The van der Waals surface area contributed by atoms with Crippen molar-refractivity contribution in [2.75, 3.05) is 6.54 Å². The van der Waals surface area contributed by atoms with Crippen LogP contribution in [0.4, 0.5) is 0 Å². The Morgan fingerprint density at radius 2 is 1.89 bits per heavy atom. The van der Waals surface area contributed by atoms with E-state index in [0.29, 0.717) is 25.8 Å². The summed E-state index contributed by atoms with van der Waals surface area (Å²) in [6.45, 7) is 2.31. The van der Waals surface area contributed by atoms with Gasteiger partial charge in [0.15, 0.2) is 0 Å². The quantitative estimate of drug-likeness (QED) is 0.586. The Morgan fingerprint density at radius 3 is 2.44 bits per heavy atom. The third-order valence-corrected chi connectivity index (χ3v) is 3.35. The Bertz CT molecular complexity index is 343. The smallest absolute Gasteiger partial charge is 0.307 e.